The summed E-state index contributed by atoms with van der Waals surface area (Å²) in [6.45, 7) is 9.09. The zero-order valence-electron chi connectivity index (χ0n) is 10.8. The lowest BCUT2D eigenvalue weighted by Crippen LogP contribution is -2.28. The van der Waals surface area contributed by atoms with Gasteiger partial charge in [0.15, 0.2) is 0 Å². The largest absolute Gasteiger partial charge is 0.317 e. The number of benzene rings is 1. The van der Waals surface area contributed by atoms with Gasteiger partial charge in [-0.1, -0.05) is 12.1 Å². The quantitative estimate of drug-likeness (QED) is 0.802. The van der Waals surface area contributed by atoms with E-state index in [1.807, 2.05) is 0 Å². The van der Waals surface area contributed by atoms with Gasteiger partial charge in [-0.15, -0.1) is 0 Å². The van der Waals surface area contributed by atoms with Gasteiger partial charge in [0.05, 0.1) is 0 Å². The molecule has 1 nitrogen and oxygen atoms in total. The minimum atomic E-state index is 0.891. The molecule has 1 aliphatic heterocycles. The maximum atomic E-state index is 3.43. The molecule has 0 radical (unpaired) electrons. The highest BCUT2D eigenvalue weighted by atomic mass is 14.9. The first-order valence-electron chi connectivity index (χ1n) is 6.44. The second kappa shape index (κ2) is 5.01. The van der Waals surface area contributed by atoms with Crippen LogP contribution in [0.1, 0.15) is 35.1 Å². The highest BCUT2D eigenvalue weighted by Gasteiger charge is 2.14. The minimum Gasteiger partial charge on any atom is -0.317 e. The van der Waals surface area contributed by atoms with Gasteiger partial charge in [-0.3, -0.25) is 0 Å². The van der Waals surface area contributed by atoms with E-state index in [0.717, 1.165) is 5.92 Å². The van der Waals surface area contributed by atoms with Gasteiger partial charge < -0.3 is 5.32 Å². The van der Waals surface area contributed by atoms with Crippen molar-refractivity contribution in [2.75, 3.05) is 13.1 Å². The van der Waals surface area contributed by atoms with Crippen LogP contribution in [0.15, 0.2) is 12.1 Å². The monoisotopic (exact) mass is 217 g/mol. The van der Waals surface area contributed by atoms with Crippen LogP contribution >= 0.6 is 0 Å². The number of aryl methyl sites for hydroxylation is 2. The highest BCUT2D eigenvalue weighted by molar-refractivity contribution is 5.37. The summed E-state index contributed by atoms with van der Waals surface area (Å²) in [7, 11) is 0. The van der Waals surface area contributed by atoms with Crippen LogP contribution in [0.5, 0.6) is 0 Å². The SMILES string of the molecule is Cc1cc(CC2CCNCC2)cc(C)c1C. The molecule has 88 valence electrons. The van der Waals surface area contributed by atoms with Crippen molar-refractivity contribution >= 4 is 0 Å². The van der Waals surface area contributed by atoms with Crippen molar-refractivity contribution in [3.63, 3.8) is 0 Å². The summed E-state index contributed by atoms with van der Waals surface area (Å²) < 4.78 is 0. The fourth-order valence-corrected chi connectivity index (χ4v) is 2.66. The van der Waals surface area contributed by atoms with Gasteiger partial charge >= 0.3 is 0 Å². The smallest absolute Gasteiger partial charge is 0.00462 e. The Morgan fingerprint density at radius 1 is 1.06 bits per heavy atom. The topological polar surface area (TPSA) is 12.0 Å². The van der Waals surface area contributed by atoms with Crippen molar-refractivity contribution in [2.24, 2.45) is 5.92 Å². The van der Waals surface area contributed by atoms with Crippen molar-refractivity contribution in [3.05, 3.63) is 34.4 Å². The summed E-state index contributed by atoms with van der Waals surface area (Å²) >= 11 is 0. The molecule has 0 saturated carbocycles. The number of piperidine rings is 1. The summed E-state index contributed by atoms with van der Waals surface area (Å²) in [5.41, 5.74) is 5.88. The summed E-state index contributed by atoms with van der Waals surface area (Å²) in [6.07, 6.45) is 3.95. The van der Waals surface area contributed by atoms with Crippen molar-refractivity contribution in [3.8, 4) is 0 Å². The number of hydrogen-bond acceptors (Lipinski definition) is 1. The van der Waals surface area contributed by atoms with Crippen LogP contribution in [0.3, 0.4) is 0 Å². The van der Waals surface area contributed by atoms with Crippen LogP contribution in [0.4, 0.5) is 0 Å². The molecule has 1 aromatic rings. The second-order valence-electron chi connectivity index (χ2n) is 5.25. The van der Waals surface area contributed by atoms with Crippen molar-refractivity contribution in [2.45, 2.75) is 40.0 Å². The Morgan fingerprint density at radius 3 is 2.19 bits per heavy atom. The average Bonchev–Trinajstić information content (AvgIpc) is 2.27. The molecule has 0 unspecified atom stereocenters. The third-order valence-electron chi connectivity index (χ3n) is 3.97. The van der Waals surface area contributed by atoms with Gasteiger partial charge in [-0.05, 0) is 81.3 Å². The van der Waals surface area contributed by atoms with Gasteiger partial charge in [-0.25, -0.2) is 0 Å². The normalized spacial score (nSPS) is 17.7. The molecule has 2 rings (SSSR count). The molecule has 1 aromatic carbocycles. The first kappa shape index (κ1) is 11.7. The summed E-state index contributed by atoms with van der Waals surface area (Å²) in [5.74, 6) is 0.891. The van der Waals surface area contributed by atoms with Gasteiger partial charge in [0.2, 0.25) is 0 Å². The molecule has 1 fully saturated rings. The number of rotatable bonds is 2. The van der Waals surface area contributed by atoms with Crippen molar-refractivity contribution in [1.29, 1.82) is 0 Å². The zero-order valence-corrected chi connectivity index (χ0v) is 10.8. The fourth-order valence-electron chi connectivity index (χ4n) is 2.66. The van der Waals surface area contributed by atoms with E-state index in [9.17, 15) is 0 Å². The first-order chi connectivity index (χ1) is 7.66. The summed E-state index contributed by atoms with van der Waals surface area (Å²) in [4.78, 5) is 0. The van der Waals surface area contributed by atoms with Gasteiger partial charge in [0.25, 0.3) is 0 Å². The molecule has 1 saturated heterocycles. The van der Waals surface area contributed by atoms with E-state index in [2.05, 4.69) is 38.2 Å². The third kappa shape index (κ3) is 2.65. The van der Waals surface area contributed by atoms with E-state index in [1.54, 1.807) is 0 Å². The molecule has 0 atom stereocenters. The predicted octanol–water partition coefficient (Wildman–Crippen LogP) is 3.15. The van der Waals surface area contributed by atoms with E-state index < -0.39 is 0 Å². The van der Waals surface area contributed by atoms with E-state index in [0.29, 0.717) is 0 Å². The summed E-state index contributed by atoms with van der Waals surface area (Å²) in [5, 5.41) is 3.43. The molecular weight excluding hydrogens is 194 g/mol. The van der Waals surface area contributed by atoms with Gasteiger partial charge in [0.1, 0.15) is 0 Å². The van der Waals surface area contributed by atoms with Crippen LogP contribution < -0.4 is 5.32 Å². The number of hydrogen-bond donors (Lipinski definition) is 1. The van der Waals surface area contributed by atoms with Gasteiger partial charge in [-0.2, -0.15) is 0 Å². The Morgan fingerprint density at radius 2 is 1.62 bits per heavy atom. The molecule has 0 spiro atoms. The zero-order chi connectivity index (χ0) is 11.5. The molecule has 1 heteroatoms. The first-order valence-corrected chi connectivity index (χ1v) is 6.44. The average molecular weight is 217 g/mol. The Hall–Kier alpha value is -0.820. The Kier molecular flexibility index (Phi) is 3.65. The second-order valence-corrected chi connectivity index (χ2v) is 5.25. The van der Waals surface area contributed by atoms with Crippen LogP contribution in [0.25, 0.3) is 0 Å². The van der Waals surface area contributed by atoms with Crippen LogP contribution in [0, 0.1) is 26.7 Å². The van der Waals surface area contributed by atoms with Crippen molar-refractivity contribution < 1.29 is 0 Å². The molecule has 0 amide bonds. The predicted molar refractivity (Wildman–Crippen MR) is 70.0 cm³/mol. The van der Waals surface area contributed by atoms with Crippen molar-refractivity contribution in [1.82, 2.24) is 5.32 Å². The molecule has 1 N–H and O–H groups in total. The molecule has 16 heavy (non-hydrogen) atoms. The maximum Gasteiger partial charge on any atom is -0.00462 e. The molecule has 0 aliphatic carbocycles. The molecule has 0 bridgehead atoms. The fraction of sp³-hybridized carbons (Fsp3) is 0.600. The standard InChI is InChI=1S/C15H23N/c1-11-8-15(9-12(2)13(11)3)10-14-4-6-16-7-5-14/h8-9,14,16H,4-7,10H2,1-3H3. The molecule has 1 heterocycles. The van der Waals surface area contributed by atoms with E-state index in [-0.39, 0.29) is 0 Å². The molecule has 0 aromatic heterocycles. The third-order valence-corrected chi connectivity index (χ3v) is 3.97. The lowest BCUT2D eigenvalue weighted by molar-refractivity contribution is 0.372. The van der Waals surface area contributed by atoms with Crippen LogP contribution in [-0.2, 0) is 6.42 Å². The van der Waals surface area contributed by atoms with E-state index in [1.165, 1.54) is 54.6 Å². The Balaban J connectivity index is 2.09. The van der Waals surface area contributed by atoms with Crippen LogP contribution in [-0.4, -0.2) is 13.1 Å². The van der Waals surface area contributed by atoms with Crippen LogP contribution in [0.2, 0.25) is 0 Å². The molecular formula is C15H23N. The summed E-state index contributed by atoms with van der Waals surface area (Å²) in [6, 6.07) is 4.76. The Labute approximate surface area is 99.3 Å². The molecule has 1 aliphatic rings. The maximum absolute atomic E-state index is 3.43. The minimum absolute atomic E-state index is 0.891. The van der Waals surface area contributed by atoms with Gasteiger partial charge in [0, 0.05) is 0 Å². The van der Waals surface area contributed by atoms with E-state index >= 15 is 0 Å². The lowest BCUT2D eigenvalue weighted by atomic mass is 9.89. The lowest BCUT2D eigenvalue weighted by Gasteiger charge is -2.23. The number of nitrogens with one attached hydrogen (secondary N) is 1. The van der Waals surface area contributed by atoms with E-state index in [4.69, 9.17) is 0 Å². The Bertz CT molecular complexity index is 339. The highest BCUT2D eigenvalue weighted by Crippen LogP contribution is 2.21.